The van der Waals surface area contributed by atoms with Gasteiger partial charge in [-0.1, -0.05) is 18.2 Å². The van der Waals surface area contributed by atoms with E-state index in [2.05, 4.69) is 37.8 Å². The quantitative estimate of drug-likeness (QED) is 0.654. The van der Waals surface area contributed by atoms with E-state index in [9.17, 15) is 18.7 Å². The summed E-state index contributed by atoms with van der Waals surface area (Å²) in [6.45, 7) is 3.64. The molecule has 8 heteroatoms. The van der Waals surface area contributed by atoms with Gasteiger partial charge in [-0.15, -0.1) is 6.58 Å². The van der Waals surface area contributed by atoms with Crippen LogP contribution in [0.3, 0.4) is 0 Å². The van der Waals surface area contributed by atoms with Crippen LogP contribution in [0.1, 0.15) is 36.1 Å². The largest absolute Gasteiger partial charge is 0.465 e. The van der Waals surface area contributed by atoms with Gasteiger partial charge in [-0.25, -0.2) is 18.6 Å². The van der Waals surface area contributed by atoms with E-state index in [1.165, 1.54) is 24.5 Å². The topological polar surface area (TPSA) is 75.1 Å². The predicted molar refractivity (Wildman–Crippen MR) is 92.2 cm³/mol. The van der Waals surface area contributed by atoms with Gasteiger partial charge in [0.2, 0.25) is 0 Å². The number of benzene rings is 1. The number of halogens is 3. The van der Waals surface area contributed by atoms with Crippen LogP contribution >= 0.6 is 15.9 Å². The maximum Gasteiger partial charge on any atom is 0.405 e. The van der Waals surface area contributed by atoms with E-state index in [4.69, 9.17) is 0 Å². The first-order valence-electron chi connectivity index (χ1n) is 7.46. The smallest absolute Gasteiger partial charge is 0.405 e. The number of rotatable bonds is 7. The Morgan fingerprint density at radius 1 is 1.36 bits per heavy atom. The molecule has 0 aliphatic heterocycles. The fourth-order valence-corrected chi connectivity index (χ4v) is 3.11. The summed E-state index contributed by atoms with van der Waals surface area (Å²) in [7, 11) is 0. The number of allylic oxidation sites excluding steroid dienone is 1. The van der Waals surface area contributed by atoms with E-state index < -0.39 is 29.7 Å². The van der Waals surface area contributed by atoms with Gasteiger partial charge in [0.25, 0.3) is 0 Å². The second-order valence-electron chi connectivity index (χ2n) is 5.28. The van der Waals surface area contributed by atoms with Gasteiger partial charge >= 0.3 is 6.09 Å². The number of hydrogen-bond acceptors (Lipinski definition) is 3. The molecule has 2 atom stereocenters. The molecule has 0 bridgehead atoms. The first kappa shape index (κ1) is 19.0. The maximum atomic E-state index is 14.4. The van der Waals surface area contributed by atoms with E-state index in [-0.39, 0.29) is 5.56 Å². The Labute approximate surface area is 151 Å². The molecule has 0 aliphatic rings. The molecule has 2 rings (SSSR count). The summed E-state index contributed by atoms with van der Waals surface area (Å²) in [6.07, 6.45) is 4.00. The highest BCUT2D eigenvalue weighted by Crippen LogP contribution is 2.37. The summed E-state index contributed by atoms with van der Waals surface area (Å²) in [5.41, 5.74) is 0.362. The van der Waals surface area contributed by atoms with E-state index in [0.717, 1.165) is 6.07 Å². The molecule has 1 aromatic carbocycles. The Balaban J connectivity index is 2.57. The van der Waals surface area contributed by atoms with E-state index in [1.54, 1.807) is 6.08 Å². The van der Waals surface area contributed by atoms with Gasteiger partial charge in [-0.3, -0.25) is 4.98 Å². The van der Waals surface area contributed by atoms with Crippen molar-refractivity contribution >= 4 is 22.0 Å². The lowest BCUT2D eigenvalue weighted by Gasteiger charge is -2.27. The van der Waals surface area contributed by atoms with E-state index in [1.807, 2.05) is 0 Å². The summed E-state index contributed by atoms with van der Waals surface area (Å²) in [6, 6.07) is 2.92. The van der Waals surface area contributed by atoms with Gasteiger partial charge in [-0.2, -0.15) is 0 Å². The van der Waals surface area contributed by atoms with Crippen LogP contribution in [0.25, 0.3) is 0 Å². The first-order valence-corrected chi connectivity index (χ1v) is 8.25. The van der Waals surface area contributed by atoms with Crippen LogP contribution in [0.15, 0.2) is 47.9 Å². The van der Waals surface area contributed by atoms with Crippen molar-refractivity contribution in [3.8, 4) is 0 Å². The van der Waals surface area contributed by atoms with E-state index in [0.29, 0.717) is 23.1 Å². The standard InChI is InChI=1S/C17H16BrF2N3O2/c1-2-3-5-11(10-6-4-7-12(19)13(10)20)14(23-17(24)25)15-16(18)22-9-8-21-15/h2,4,6-9,11,14,23H,1,3,5H2,(H,24,25)/t11-,14-/m0/s1. The summed E-state index contributed by atoms with van der Waals surface area (Å²) < 4.78 is 28.4. The summed E-state index contributed by atoms with van der Waals surface area (Å²) in [4.78, 5) is 19.5. The molecule has 2 aromatic rings. The highest BCUT2D eigenvalue weighted by atomic mass is 79.9. The average Bonchev–Trinajstić information content (AvgIpc) is 2.58. The molecule has 0 saturated heterocycles. The molecule has 1 heterocycles. The number of nitrogens with zero attached hydrogens (tertiary/aromatic N) is 2. The van der Waals surface area contributed by atoms with Gasteiger partial charge in [0.1, 0.15) is 4.60 Å². The van der Waals surface area contributed by atoms with Crippen molar-refractivity contribution in [3.05, 3.63) is 70.7 Å². The molecule has 0 saturated carbocycles. The lowest BCUT2D eigenvalue weighted by Crippen LogP contribution is -2.33. The van der Waals surface area contributed by atoms with Gasteiger partial charge in [0.15, 0.2) is 11.6 Å². The minimum Gasteiger partial charge on any atom is -0.465 e. The lowest BCUT2D eigenvalue weighted by atomic mass is 9.85. The number of carboxylic acid groups (broad SMARTS) is 1. The van der Waals surface area contributed by atoms with Crippen molar-refractivity contribution in [2.24, 2.45) is 0 Å². The van der Waals surface area contributed by atoms with Gasteiger partial charge in [-0.05, 0) is 40.4 Å². The molecule has 0 unspecified atom stereocenters. The van der Waals surface area contributed by atoms with E-state index >= 15 is 0 Å². The molecule has 1 aromatic heterocycles. The van der Waals surface area contributed by atoms with Crippen LogP contribution in [-0.2, 0) is 0 Å². The Morgan fingerprint density at radius 2 is 2.08 bits per heavy atom. The second-order valence-corrected chi connectivity index (χ2v) is 6.03. The number of amides is 1. The molecule has 5 nitrogen and oxygen atoms in total. The molecule has 132 valence electrons. The Morgan fingerprint density at radius 3 is 2.72 bits per heavy atom. The highest BCUT2D eigenvalue weighted by Gasteiger charge is 2.31. The molecule has 25 heavy (non-hydrogen) atoms. The summed E-state index contributed by atoms with van der Waals surface area (Å²) in [5.74, 6) is -2.69. The monoisotopic (exact) mass is 411 g/mol. The van der Waals surface area contributed by atoms with Crippen LogP contribution in [0, 0.1) is 11.6 Å². The summed E-state index contributed by atoms with van der Waals surface area (Å²) in [5, 5.41) is 11.6. The average molecular weight is 412 g/mol. The predicted octanol–water partition coefficient (Wildman–Crippen LogP) is 4.58. The molecule has 0 fully saturated rings. The molecular formula is C17H16BrF2N3O2. The van der Waals surface area contributed by atoms with Gasteiger partial charge in [0.05, 0.1) is 11.7 Å². The normalized spacial score (nSPS) is 13.1. The van der Waals surface area contributed by atoms with Crippen molar-refractivity contribution in [1.29, 1.82) is 0 Å². The summed E-state index contributed by atoms with van der Waals surface area (Å²) >= 11 is 3.23. The third-order valence-electron chi connectivity index (χ3n) is 3.72. The van der Waals surface area contributed by atoms with Crippen LogP contribution < -0.4 is 5.32 Å². The zero-order valence-electron chi connectivity index (χ0n) is 13.1. The van der Waals surface area contributed by atoms with Crippen LogP contribution in [0.5, 0.6) is 0 Å². The number of carbonyl (C=O) groups is 1. The van der Waals surface area contributed by atoms with Crippen molar-refractivity contribution in [3.63, 3.8) is 0 Å². The molecule has 2 N–H and O–H groups in total. The molecular weight excluding hydrogens is 396 g/mol. The molecule has 0 spiro atoms. The third kappa shape index (κ3) is 4.60. The fourth-order valence-electron chi connectivity index (χ4n) is 2.64. The fraction of sp³-hybridized carbons (Fsp3) is 0.235. The van der Waals surface area contributed by atoms with Crippen LogP contribution in [0.2, 0.25) is 0 Å². The Kier molecular flexibility index (Phi) is 6.58. The zero-order chi connectivity index (χ0) is 18.4. The second kappa shape index (κ2) is 8.66. The van der Waals surface area contributed by atoms with Crippen molar-refractivity contribution < 1.29 is 18.7 Å². The van der Waals surface area contributed by atoms with Gasteiger partial charge < -0.3 is 10.4 Å². The molecule has 0 aliphatic carbocycles. The number of hydrogen-bond donors (Lipinski definition) is 2. The number of nitrogens with one attached hydrogen (secondary N) is 1. The number of aromatic nitrogens is 2. The molecule has 1 amide bonds. The van der Waals surface area contributed by atoms with Gasteiger partial charge in [0, 0.05) is 18.3 Å². The maximum absolute atomic E-state index is 14.4. The lowest BCUT2D eigenvalue weighted by molar-refractivity contribution is 0.186. The van der Waals surface area contributed by atoms with Crippen molar-refractivity contribution in [2.75, 3.05) is 0 Å². The van der Waals surface area contributed by atoms with Crippen molar-refractivity contribution in [1.82, 2.24) is 15.3 Å². The van der Waals surface area contributed by atoms with Crippen molar-refractivity contribution in [2.45, 2.75) is 24.8 Å². The minimum absolute atomic E-state index is 0.0677. The highest BCUT2D eigenvalue weighted by molar-refractivity contribution is 9.10. The Bertz CT molecular complexity index is 773. The molecule has 0 radical (unpaired) electrons. The first-order chi connectivity index (χ1) is 12.0. The Hall–Kier alpha value is -2.35. The third-order valence-corrected chi connectivity index (χ3v) is 4.33. The SMILES string of the molecule is C=CCC[C@@H](c1cccc(F)c1F)[C@H](NC(=O)O)c1nccnc1Br. The van der Waals surface area contributed by atoms with Crippen LogP contribution in [0.4, 0.5) is 13.6 Å². The minimum atomic E-state index is -1.30. The zero-order valence-corrected chi connectivity index (χ0v) is 14.7. The van der Waals surface area contributed by atoms with Crippen LogP contribution in [-0.4, -0.2) is 21.2 Å².